The SMILES string of the molecule is Cc1cccc(C(O)C2CCCc3ccccc32)c1C. The summed E-state index contributed by atoms with van der Waals surface area (Å²) in [5, 5.41) is 10.9. The predicted octanol–water partition coefficient (Wildman–Crippen LogP) is 4.46. The standard InChI is InChI=1S/C19H22O/c1-13-7-5-11-16(14(13)2)19(20)18-12-6-9-15-8-3-4-10-17(15)18/h3-5,7-8,10-11,18-20H,6,9,12H2,1-2H3. The van der Waals surface area contributed by atoms with Crippen LogP contribution in [0.2, 0.25) is 0 Å². The minimum absolute atomic E-state index is 0.237. The molecule has 0 saturated heterocycles. The van der Waals surface area contributed by atoms with E-state index in [2.05, 4.69) is 56.3 Å². The Bertz CT molecular complexity index is 615. The average Bonchev–Trinajstić information content (AvgIpc) is 2.49. The van der Waals surface area contributed by atoms with E-state index in [1.807, 2.05) is 0 Å². The summed E-state index contributed by atoms with van der Waals surface area (Å²) in [6.45, 7) is 4.23. The Balaban J connectivity index is 2.00. The molecule has 0 saturated carbocycles. The maximum Gasteiger partial charge on any atom is 0.0861 e. The fraction of sp³-hybridized carbons (Fsp3) is 0.368. The van der Waals surface area contributed by atoms with E-state index in [4.69, 9.17) is 0 Å². The van der Waals surface area contributed by atoms with Gasteiger partial charge in [-0.2, -0.15) is 0 Å². The van der Waals surface area contributed by atoms with Gasteiger partial charge in [-0.05, 0) is 60.9 Å². The van der Waals surface area contributed by atoms with Gasteiger partial charge < -0.3 is 5.11 Å². The highest BCUT2D eigenvalue weighted by molar-refractivity contribution is 5.39. The molecule has 2 unspecified atom stereocenters. The van der Waals surface area contributed by atoms with Crippen LogP contribution < -0.4 is 0 Å². The predicted molar refractivity (Wildman–Crippen MR) is 83.0 cm³/mol. The topological polar surface area (TPSA) is 20.2 Å². The Kier molecular flexibility index (Phi) is 3.62. The highest BCUT2D eigenvalue weighted by Gasteiger charge is 2.28. The fourth-order valence-electron chi connectivity index (χ4n) is 3.43. The Hall–Kier alpha value is -1.60. The van der Waals surface area contributed by atoms with E-state index in [1.165, 1.54) is 28.7 Å². The lowest BCUT2D eigenvalue weighted by atomic mass is 9.77. The maximum atomic E-state index is 10.9. The molecule has 0 bridgehead atoms. The lowest BCUT2D eigenvalue weighted by molar-refractivity contribution is 0.135. The first-order valence-corrected chi connectivity index (χ1v) is 7.50. The van der Waals surface area contributed by atoms with Gasteiger partial charge in [0.15, 0.2) is 0 Å². The van der Waals surface area contributed by atoms with Crippen molar-refractivity contribution in [3.05, 3.63) is 70.3 Å². The third-order valence-electron chi connectivity index (χ3n) is 4.76. The van der Waals surface area contributed by atoms with Gasteiger partial charge in [0.25, 0.3) is 0 Å². The fourth-order valence-corrected chi connectivity index (χ4v) is 3.43. The summed E-state index contributed by atoms with van der Waals surface area (Å²) < 4.78 is 0. The average molecular weight is 266 g/mol. The zero-order valence-electron chi connectivity index (χ0n) is 12.3. The highest BCUT2D eigenvalue weighted by atomic mass is 16.3. The molecule has 2 atom stereocenters. The first-order valence-electron chi connectivity index (χ1n) is 7.50. The van der Waals surface area contributed by atoms with E-state index >= 15 is 0 Å². The largest absolute Gasteiger partial charge is 0.388 e. The summed E-state index contributed by atoms with van der Waals surface area (Å²) in [5.74, 6) is 0.237. The van der Waals surface area contributed by atoms with E-state index in [1.54, 1.807) is 0 Å². The van der Waals surface area contributed by atoms with Gasteiger partial charge in [-0.1, -0.05) is 42.5 Å². The zero-order chi connectivity index (χ0) is 14.1. The van der Waals surface area contributed by atoms with Crippen molar-refractivity contribution in [1.82, 2.24) is 0 Å². The van der Waals surface area contributed by atoms with Gasteiger partial charge in [0.2, 0.25) is 0 Å². The smallest absolute Gasteiger partial charge is 0.0861 e. The van der Waals surface area contributed by atoms with Gasteiger partial charge in [-0.15, -0.1) is 0 Å². The van der Waals surface area contributed by atoms with Crippen molar-refractivity contribution in [2.24, 2.45) is 0 Å². The molecule has 0 spiro atoms. The van der Waals surface area contributed by atoms with Crippen LogP contribution in [0.15, 0.2) is 42.5 Å². The summed E-state index contributed by atoms with van der Waals surface area (Å²) in [5.41, 5.74) is 6.32. The molecule has 104 valence electrons. The van der Waals surface area contributed by atoms with E-state index in [0.29, 0.717) is 0 Å². The molecular formula is C19H22O. The molecule has 0 aliphatic heterocycles. The van der Waals surface area contributed by atoms with Crippen LogP contribution in [0, 0.1) is 13.8 Å². The second kappa shape index (κ2) is 5.41. The second-order valence-corrected chi connectivity index (χ2v) is 5.93. The molecule has 3 rings (SSSR count). The number of aliphatic hydroxyl groups is 1. The molecule has 0 heterocycles. The summed E-state index contributed by atoms with van der Waals surface area (Å²) in [6.07, 6.45) is 3.00. The molecule has 0 amide bonds. The summed E-state index contributed by atoms with van der Waals surface area (Å²) in [6, 6.07) is 14.8. The van der Waals surface area contributed by atoms with Gasteiger partial charge in [0, 0.05) is 5.92 Å². The lowest BCUT2D eigenvalue weighted by Gasteiger charge is -2.30. The molecule has 1 N–H and O–H groups in total. The van der Waals surface area contributed by atoms with Gasteiger partial charge in [0.05, 0.1) is 6.10 Å². The lowest BCUT2D eigenvalue weighted by Crippen LogP contribution is -2.18. The molecule has 0 fully saturated rings. The number of hydrogen-bond acceptors (Lipinski definition) is 1. The van der Waals surface area contributed by atoms with E-state index < -0.39 is 6.10 Å². The molecule has 2 aromatic carbocycles. The number of hydrogen-bond donors (Lipinski definition) is 1. The first-order chi connectivity index (χ1) is 9.68. The van der Waals surface area contributed by atoms with Crippen molar-refractivity contribution in [2.75, 3.05) is 0 Å². The molecule has 2 aromatic rings. The monoisotopic (exact) mass is 266 g/mol. The van der Waals surface area contributed by atoms with Crippen LogP contribution in [-0.2, 0) is 6.42 Å². The van der Waals surface area contributed by atoms with Crippen molar-refractivity contribution in [2.45, 2.75) is 45.1 Å². The van der Waals surface area contributed by atoms with Gasteiger partial charge >= 0.3 is 0 Å². The van der Waals surface area contributed by atoms with Gasteiger partial charge in [0.1, 0.15) is 0 Å². The highest BCUT2D eigenvalue weighted by Crippen LogP contribution is 2.41. The number of aliphatic hydroxyl groups excluding tert-OH is 1. The van der Waals surface area contributed by atoms with Crippen molar-refractivity contribution in [3.63, 3.8) is 0 Å². The van der Waals surface area contributed by atoms with Crippen LogP contribution in [0.4, 0.5) is 0 Å². The molecular weight excluding hydrogens is 244 g/mol. The third-order valence-corrected chi connectivity index (χ3v) is 4.76. The summed E-state index contributed by atoms with van der Waals surface area (Å²) >= 11 is 0. The molecule has 0 aromatic heterocycles. The zero-order valence-corrected chi connectivity index (χ0v) is 12.3. The van der Waals surface area contributed by atoms with Crippen LogP contribution in [0.3, 0.4) is 0 Å². The second-order valence-electron chi connectivity index (χ2n) is 5.93. The van der Waals surface area contributed by atoms with E-state index in [0.717, 1.165) is 18.4 Å². The number of benzene rings is 2. The first kappa shape index (κ1) is 13.4. The Labute approximate surface area is 121 Å². The van der Waals surface area contributed by atoms with Crippen LogP contribution in [0.1, 0.15) is 52.7 Å². The van der Waals surface area contributed by atoms with Crippen LogP contribution in [0.5, 0.6) is 0 Å². The van der Waals surface area contributed by atoms with Crippen LogP contribution in [-0.4, -0.2) is 5.11 Å². The molecule has 1 heteroatoms. The number of rotatable bonds is 2. The Morgan fingerprint density at radius 1 is 1.05 bits per heavy atom. The Morgan fingerprint density at radius 3 is 2.70 bits per heavy atom. The Morgan fingerprint density at radius 2 is 1.85 bits per heavy atom. The van der Waals surface area contributed by atoms with Crippen molar-refractivity contribution >= 4 is 0 Å². The van der Waals surface area contributed by atoms with Crippen molar-refractivity contribution in [3.8, 4) is 0 Å². The van der Waals surface area contributed by atoms with Crippen molar-refractivity contribution in [1.29, 1.82) is 0 Å². The molecule has 0 radical (unpaired) electrons. The summed E-state index contributed by atoms with van der Waals surface area (Å²) in [4.78, 5) is 0. The molecule has 20 heavy (non-hydrogen) atoms. The van der Waals surface area contributed by atoms with E-state index in [9.17, 15) is 5.11 Å². The number of aryl methyl sites for hydroxylation is 2. The van der Waals surface area contributed by atoms with Gasteiger partial charge in [-0.3, -0.25) is 0 Å². The molecule has 1 nitrogen and oxygen atoms in total. The van der Waals surface area contributed by atoms with Crippen LogP contribution >= 0.6 is 0 Å². The number of fused-ring (bicyclic) bond motifs is 1. The van der Waals surface area contributed by atoms with E-state index in [-0.39, 0.29) is 5.92 Å². The normalized spacial score (nSPS) is 19.4. The molecule has 1 aliphatic rings. The maximum absolute atomic E-state index is 10.9. The van der Waals surface area contributed by atoms with Crippen LogP contribution in [0.25, 0.3) is 0 Å². The minimum atomic E-state index is -0.392. The summed E-state index contributed by atoms with van der Waals surface area (Å²) in [7, 11) is 0. The molecule has 1 aliphatic carbocycles. The quantitative estimate of drug-likeness (QED) is 0.851. The third kappa shape index (κ3) is 2.27. The minimum Gasteiger partial charge on any atom is -0.388 e. The van der Waals surface area contributed by atoms with Crippen molar-refractivity contribution < 1.29 is 5.11 Å². The van der Waals surface area contributed by atoms with Gasteiger partial charge in [-0.25, -0.2) is 0 Å².